The van der Waals surface area contributed by atoms with Crippen molar-refractivity contribution in [2.24, 2.45) is 5.73 Å². The van der Waals surface area contributed by atoms with Gasteiger partial charge in [0.1, 0.15) is 0 Å². The molecule has 0 saturated heterocycles. The zero-order valence-corrected chi connectivity index (χ0v) is 5.44. The molecule has 0 aliphatic carbocycles. The van der Waals surface area contributed by atoms with Crippen molar-refractivity contribution in [3.05, 3.63) is 0 Å². The van der Waals surface area contributed by atoms with Crippen molar-refractivity contribution in [2.75, 3.05) is 7.05 Å². The number of nitrogens with one attached hydrogen (secondary N) is 1. The number of amides is 2. The number of urea groups is 1. The van der Waals surface area contributed by atoms with Crippen molar-refractivity contribution in [2.45, 2.75) is 0 Å². The van der Waals surface area contributed by atoms with Crippen molar-refractivity contribution in [1.82, 2.24) is 5.32 Å². The third-order valence-electron chi connectivity index (χ3n) is 0.246. The normalized spacial score (nSPS) is 4.71. The first-order chi connectivity index (χ1) is 2.27. The minimum Gasteiger partial charge on any atom is -0.352 e. The van der Waals surface area contributed by atoms with Gasteiger partial charge in [0.05, 0.1) is 0 Å². The summed E-state index contributed by atoms with van der Waals surface area (Å²) >= 11 is 0. The van der Waals surface area contributed by atoms with Gasteiger partial charge in [-0.05, 0) is 0 Å². The van der Waals surface area contributed by atoms with Gasteiger partial charge in [0.15, 0.2) is 0 Å². The lowest BCUT2D eigenvalue weighted by Crippen LogP contribution is -2.24. The Morgan fingerprint density at radius 1 is 1.57 bits per heavy atom. The topological polar surface area (TPSA) is 55.1 Å². The van der Waals surface area contributed by atoms with Gasteiger partial charge in [-0.15, -0.1) is 24.8 Å². The average Bonchev–Trinajstić information content (AvgIpc) is 1.38. The predicted octanol–water partition coefficient (Wildman–Crippen LogP) is 0.128. The Kier molecular flexibility index (Phi) is 21.0. The summed E-state index contributed by atoms with van der Waals surface area (Å²) in [6.07, 6.45) is 0. The highest BCUT2D eigenvalue weighted by atomic mass is 35.5. The zero-order valence-electron chi connectivity index (χ0n) is 3.80. The Morgan fingerprint density at radius 2 is 1.71 bits per heavy atom. The smallest absolute Gasteiger partial charge is 0.311 e. The van der Waals surface area contributed by atoms with Gasteiger partial charge in [0.25, 0.3) is 0 Å². The van der Waals surface area contributed by atoms with E-state index < -0.39 is 6.03 Å². The molecule has 0 aliphatic heterocycles. The molecule has 0 unspecified atom stereocenters. The molecule has 46 valence electrons. The van der Waals surface area contributed by atoms with Gasteiger partial charge in [0.2, 0.25) is 0 Å². The van der Waals surface area contributed by atoms with Crippen LogP contribution in [0.25, 0.3) is 0 Å². The van der Waals surface area contributed by atoms with Gasteiger partial charge in [0, 0.05) is 7.05 Å². The van der Waals surface area contributed by atoms with Crippen LogP contribution in [0.4, 0.5) is 4.79 Å². The van der Waals surface area contributed by atoms with Crippen LogP contribution < -0.4 is 11.1 Å². The number of primary amides is 1. The summed E-state index contributed by atoms with van der Waals surface area (Å²) in [4.78, 5) is 9.48. The molecule has 0 aromatic carbocycles. The van der Waals surface area contributed by atoms with Gasteiger partial charge in [-0.2, -0.15) is 0 Å². The molecule has 0 aromatic heterocycles. The lowest BCUT2D eigenvalue weighted by Gasteiger charge is -1.80. The fourth-order valence-corrected chi connectivity index (χ4v) is 0. The molecule has 0 saturated carbocycles. The van der Waals surface area contributed by atoms with Gasteiger partial charge in [-0.25, -0.2) is 4.79 Å². The number of carbonyl (C=O) groups is 1. The fraction of sp³-hybridized carbons (Fsp3) is 0.500. The minimum atomic E-state index is -0.495. The summed E-state index contributed by atoms with van der Waals surface area (Å²) in [5, 5.41) is 2.17. The first-order valence-electron chi connectivity index (χ1n) is 1.24. The molecule has 0 aromatic rings. The highest BCUT2D eigenvalue weighted by molar-refractivity contribution is 5.85. The van der Waals surface area contributed by atoms with Gasteiger partial charge >= 0.3 is 6.03 Å². The number of hydrogen-bond acceptors (Lipinski definition) is 1. The van der Waals surface area contributed by atoms with E-state index in [1.54, 1.807) is 0 Å². The summed E-state index contributed by atoms with van der Waals surface area (Å²) in [5.41, 5.74) is 4.54. The Bertz CT molecular complexity index is 49.0. The van der Waals surface area contributed by atoms with E-state index in [-0.39, 0.29) is 24.8 Å². The van der Waals surface area contributed by atoms with Crippen molar-refractivity contribution in [3.8, 4) is 0 Å². The summed E-state index contributed by atoms with van der Waals surface area (Å²) < 4.78 is 0. The lowest BCUT2D eigenvalue weighted by molar-refractivity contribution is 0.251. The molecule has 0 bridgehead atoms. The second-order valence-electron chi connectivity index (χ2n) is 0.614. The quantitative estimate of drug-likeness (QED) is 0.502. The lowest BCUT2D eigenvalue weighted by atomic mass is 11.1. The Hall–Kier alpha value is -0.150. The van der Waals surface area contributed by atoms with Crippen molar-refractivity contribution < 1.29 is 4.79 Å². The van der Waals surface area contributed by atoms with Crippen LogP contribution in [0.15, 0.2) is 0 Å². The molecule has 0 heterocycles. The SMILES string of the molecule is CNC(N)=O.Cl.Cl. The molecule has 0 radical (unpaired) electrons. The number of halogens is 2. The Labute approximate surface area is 54.5 Å². The van der Waals surface area contributed by atoms with Gasteiger partial charge < -0.3 is 11.1 Å². The van der Waals surface area contributed by atoms with E-state index >= 15 is 0 Å². The van der Waals surface area contributed by atoms with E-state index in [4.69, 9.17) is 0 Å². The number of hydrogen-bond donors (Lipinski definition) is 2. The van der Waals surface area contributed by atoms with Crippen molar-refractivity contribution in [1.29, 1.82) is 0 Å². The number of carbonyl (C=O) groups excluding carboxylic acids is 1. The predicted molar refractivity (Wildman–Crippen MR) is 33.1 cm³/mol. The first-order valence-corrected chi connectivity index (χ1v) is 1.24. The minimum absolute atomic E-state index is 0. The molecular weight excluding hydrogens is 139 g/mol. The largest absolute Gasteiger partial charge is 0.352 e. The molecule has 0 spiro atoms. The van der Waals surface area contributed by atoms with E-state index in [0.717, 1.165) is 0 Å². The second kappa shape index (κ2) is 9.28. The summed E-state index contributed by atoms with van der Waals surface area (Å²) in [6, 6.07) is -0.495. The molecule has 3 nitrogen and oxygen atoms in total. The third kappa shape index (κ3) is 25.3. The van der Waals surface area contributed by atoms with E-state index in [0.29, 0.717) is 0 Å². The molecule has 2 amide bonds. The van der Waals surface area contributed by atoms with Crippen molar-refractivity contribution in [3.63, 3.8) is 0 Å². The molecular formula is C2H8Cl2N2O. The third-order valence-corrected chi connectivity index (χ3v) is 0.246. The maximum atomic E-state index is 9.48. The molecule has 0 rings (SSSR count). The molecule has 5 heteroatoms. The monoisotopic (exact) mass is 146 g/mol. The van der Waals surface area contributed by atoms with Crippen LogP contribution in [-0.4, -0.2) is 13.1 Å². The van der Waals surface area contributed by atoms with E-state index in [1.165, 1.54) is 7.05 Å². The van der Waals surface area contributed by atoms with Crippen LogP contribution in [0.2, 0.25) is 0 Å². The summed E-state index contributed by atoms with van der Waals surface area (Å²) in [7, 11) is 1.47. The van der Waals surface area contributed by atoms with Crippen LogP contribution in [0.5, 0.6) is 0 Å². The average molecular weight is 147 g/mol. The summed E-state index contributed by atoms with van der Waals surface area (Å²) in [6.45, 7) is 0. The molecule has 0 fully saturated rings. The summed E-state index contributed by atoms with van der Waals surface area (Å²) in [5.74, 6) is 0. The maximum Gasteiger partial charge on any atom is 0.311 e. The maximum absolute atomic E-state index is 9.48. The van der Waals surface area contributed by atoms with Gasteiger partial charge in [-0.1, -0.05) is 0 Å². The van der Waals surface area contributed by atoms with Crippen LogP contribution in [-0.2, 0) is 0 Å². The van der Waals surface area contributed by atoms with Gasteiger partial charge in [-0.3, -0.25) is 0 Å². The van der Waals surface area contributed by atoms with Crippen LogP contribution in [0.3, 0.4) is 0 Å². The number of nitrogens with two attached hydrogens (primary N) is 1. The molecule has 0 atom stereocenters. The van der Waals surface area contributed by atoms with Crippen LogP contribution in [0, 0.1) is 0 Å². The fourth-order valence-electron chi connectivity index (χ4n) is 0. The van der Waals surface area contributed by atoms with Crippen LogP contribution in [0.1, 0.15) is 0 Å². The molecule has 0 aliphatic rings. The van der Waals surface area contributed by atoms with Crippen molar-refractivity contribution >= 4 is 30.8 Å². The van der Waals surface area contributed by atoms with E-state index in [9.17, 15) is 4.79 Å². The highest BCUT2D eigenvalue weighted by Gasteiger charge is 1.72. The van der Waals surface area contributed by atoms with Crippen LogP contribution >= 0.6 is 24.8 Å². The molecule has 3 N–H and O–H groups in total. The Morgan fingerprint density at radius 3 is 1.71 bits per heavy atom. The Balaban J connectivity index is -0.0000000800. The van der Waals surface area contributed by atoms with E-state index in [1.807, 2.05) is 0 Å². The molecule has 7 heavy (non-hydrogen) atoms. The zero-order chi connectivity index (χ0) is 4.28. The second-order valence-corrected chi connectivity index (χ2v) is 0.614. The highest BCUT2D eigenvalue weighted by Crippen LogP contribution is 1.38. The first kappa shape index (κ1) is 15.8. The standard InChI is InChI=1S/C2H6N2O.2ClH/c1-4-2(3)5;;/h1H3,(H3,3,4,5);2*1H. The number of rotatable bonds is 0. The van der Waals surface area contributed by atoms with E-state index in [2.05, 4.69) is 11.1 Å².